The minimum Gasteiger partial charge on any atom is -0.478 e. The summed E-state index contributed by atoms with van der Waals surface area (Å²) in [5.74, 6) is -0.942. The monoisotopic (exact) mass is 200 g/mol. The molecular weight excluding hydrogens is 184 g/mol. The lowest BCUT2D eigenvalue weighted by Gasteiger charge is -2.21. The van der Waals surface area contributed by atoms with Crippen molar-refractivity contribution in [3.63, 3.8) is 0 Å². The van der Waals surface area contributed by atoms with Gasteiger partial charge in [-0.2, -0.15) is 0 Å². The molecule has 0 amide bonds. The molecule has 0 aromatic heterocycles. The van der Waals surface area contributed by atoms with Crippen molar-refractivity contribution in [2.24, 2.45) is 0 Å². The Labute approximate surface area is 83.5 Å². The van der Waals surface area contributed by atoms with Gasteiger partial charge < -0.3 is 14.6 Å². The quantitative estimate of drug-likeness (QED) is 0.535. The zero-order valence-corrected chi connectivity index (χ0v) is 8.15. The zero-order chi connectivity index (χ0) is 10.2. The van der Waals surface area contributed by atoms with Gasteiger partial charge in [-0.05, 0) is 19.3 Å². The fourth-order valence-corrected chi connectivity index (χ4v) is 1.36. The van der Waals surface area contributed by atoms with Gasteiger partial charge in [0.05, 0.1) is 19.3 Å². The molecule has 1 unspecified atom stereocenters. The first-order valence-corrected chi connectivity index (χ1v) is 4.88. The Morgan fingerprint density at radius 3 is 3.07 bits per heavy atom. The second kappa shape index (κ2) is 6.56. The maximum Gasteiger partial charge on any atom is 0.328 e. The van der Waals surface area contributed by atoms with E-state index >= 15 is 0 Å². The van der Waals surface area contributed by atoms with E-state index in [1.807, 2.05) is 0 Å². The minimum atomic E-state index is -0.942. The summed E-state index contributed by atoms with van der Waals surface area (Å²) in [4.78, 5) is 10.1. The van der Waals surface area contributed by atoms with Crippen molar-refractivity contribution < 1.29 is 19.4 Å². The summed E-state index contributed by atoms with van der Waals surface area (Å²) < 4.78 is 10.7. The van der Waals surface area contributed by atoms with Crippen molar-refractivity contribution in [1.82, 2.24) is 0 Å². The van der Waals surface area contributed by atoms with Crippen molar-refractivity contribution in [2.45, 2.75) is 25.4 Å². The predicted molar refractivity (Wildman–Crippen MR) is 51.2 cm³/mol. The van der Waals surface area contributed by atoms with Crippen LogP contribution in [0.3, 0.4) is 0 Å². The summed E-state index contributed by atoms with van der Waals surface area (Å²) in [6.45, 7) is 1.72. The molecule has 1 fully saturated rings. The molecule has 1 saturated heterocycles. The van der Waals surface area contributed by atoms with Gasteiger partial charge in [0.15, 0.2) is 0 Å². The largest absolute Gasteiger partial charge is 0.478 e. The highest BCUT2D eigenvalue weighted by Gasteiger charge is 2.12. The van der Waals surface area contributed by atoms with Gasteiger partial charge in [0.2, 0.25) is 0 Å². The molecule has 4 heteroatoms. The average Bonchev–Trinajstić information content (AvgIpc) is 2.18. The van der Waals surface area contributed by atoms with Gasteiger partial charge in [-0.3, -0.25) is 0 Å². The molecule has 1 aliphatic heterocycles. The van der Waals surface area contributed by atoms with Crippen LogP contribution in [0.25, 0.3) is 0 Å². The smallest absolute Gasteiger partial charge is 0.328 e. The topological polar surface area (TPSA) is 55.8 Å². The third-order valence-corrected chi connectivity index (χ3v) is 2.05. The van der Waals surface area contributed by atoms with Crippen LogP contribution in [0.2, 0.25) is 0 Å². The molecule has 1 N–H and O–H groups in total. The van der Waals surface area contributed by atoms with Crippen LogP contribution in [0.5, 0.6) is 0 Å². The van der Waals surface area contributed by atoms with Crippen molar-refractivity contribution in [2.75, 3.05) is 19.8 Å². The average molecular weight is 200 g/mol. The normalized spacial score (nSPS) is 22.7. The minimum absolute atomic E-state index is 0.196. The van der Waals surface area contributed by atoms with Gasteiger partial charge in [0.1, 0.15) is 0 Å². The second-order valence-corrected chi connectivity index (χ2v) is 3.27. The van der Waals surface area contributed by atoms with E-state index in [1.54, 1.807) is 0 Å². The molecule has 0 radical (unpaired) electrons. The lowest BCUT2D eigenvalue weighted by molar-refractivity contribution is -0.131. The van der Waals surface area contributed by atoms with Crippen LogP contribution in [0.1, 0.15) is 19.3 Å². The van der Waals surface area contributed by atoms with Crippen molar-refractivity contribution in [3.8, 4) is 0 Å². The van der Waals surface area contributed by atoms with E-state index in [9.17, 15) is 4.79 Å². The molecule has 1 heterocycles. The van der Waals surface area contributed by atoms with E-state index in [-0.39, 0.29) is 6.10 Å². The molecule has 0 aromatic rings. The molecule has 1 rings (SSSR count). The highest BCUT2D eigenvalue weighted by atomic mass is 16.5. The summed E-state index contributed by atoms with van der Waals surface area (Å²) in [6, 6.07) is 0. The van der Waals surface area contributed by atoms with Crippen LogP contribution < -0.4 is 0 Å². The lowest BCUT2D eigenvalue weighted by Crippen LogP contribution is -2.24. The first-order valence-electron chi connectivity index (χ1n) is 4.88. The Kier molecular flexibility index (Phi) is 5.25. The molecular formula is C10H16O4. The first-order chi connectivity index (χ1) is 6.79. The lowest BCUT2D eigenvalue weighted by atomic mass is 10.1. The number of ether oxygens (including phenoxy) is 2. The Balaban J connectivity index is 2.00. The number of carboxylic acids is 1. The molecule has 0 saturated carbocycles. The molecule has 0 aliphatic carbocycles. The molecule has 4 nitrogen and oxygen atoms in total. The van der Waals surface area contributed by atoms with Crippen molar-refractivity contribution in [1.29, 1.82) is 0 Å². The van der Waals surface area contributed by atoms with E-state index in [0.717, 1.165) is 25.5 Å². The van der Waals surface area contributed by atoms with Crippen LogP contribution in [0.15, 0.2) is 12.2 Å². The molecule has 0 bridgehead atoms. The summed E-state index contributed by atoms with van der Waals surface area (Å²) >= 11 is 0. The first kappa shape index (κ1) is 11.2. The van der Waals surface area contributed by atoms with Gasteiger partial charge in [-0.15, -0.1) is 0 Å². The second-order valence-electron chi connectivity index (χ2n) is 3.27. The van der Waals surface area contributed by atoms with E-state index in [0.29, 0.717) is 13.2 Å². The fraction of sp³-hybridized carbons (Fsp3) is 0.700. The van der Waals surface area contributed by atoms with E-state index in [2.05, 4.69) is 0 Å². The Morgan fingerprint density at radius 1 is 1.57 bits per heavy atom. The number of hydrogen-bond acceptors (Lipinski definition) is 3. The van der Waals surface area contributed by atoms with Crippen LogP contribution in [-0.4, -0.2) is 37.0 Å². The van der Waals surface area contributed by atoms with E-state index in [4.69, 9.17) is 14.6 Å². The van der Waals surface area contributed by atoms with Gasteiger partial charge >= 0.3 is 5.97 Å². The van der Waals surface area contributed by atoms with Crippen LogP contribution in [0, 0.1) is 0 Å². The highest BCUT2D eigenvalue weighted by Crippen LogP contribution is 2.12. The summed E-state index contributed by atoms with van der Waals surface area (Å²) in [5.41, 5.74) is 0. The molecule has 80 valence electrons. The summed E-state index contributed by atoms with van der Waals surface area (Å²) in [6.07, 6.45) is 6.14. The number of rotatable bonds is 5. The van der Waals surface area contributed by atoms with Crippen LogP contribution in [-0.2, 0) is 14.3 Å². The third-order valence-electron chi connectivity index (χ3n) is 2.05. The number of aliphatic carboxylic acids is 1. The SMILES string of the molecule is O=C(O)C=CCOCC1CCCCO1. The van der Waals surface area contributed by atoms with Gasteiger partial charge in [0, 0.05) is 12.7 Å². The maximum atomic E-state index is 10.1. The van der Waals surface area contributed by atoms with Gasteiger partial charge in [-0.25, -0.2) is 4.79 Å². The number of carbonyl (C=O) groups is 1. The van der Waals surface area contributed by atoms with Crippen molar-refractivity contribution in [3.05, 3.63) is 12.2 Å². The molecule has 0 aromatic carbocycles. The molecule has 1 atom stereocenters. The molecule has 14 heavy (non-hydrogen) atoms. The van der Waals surface area contributed by atoms with Gasteiger partial charge in [-0.1, -0.05) is 6.08 Å². The van der Waals surface area contributed by atoms with Crippen LogP contribution >= 0.6 is 0 Å². The number of hydrogen-bond donors (Lipinski definition) is 1. The Bertz CT molecular complexity index is 194. The highest BCUT2D eigenvalue weighted by molar-refractivity contribution is 5.79. The fourth-order valence-electron chi connectivity index (χ4n) is 1.36. The zero-order valence-electron chi connectivity index (χ0n) is 8.15. The molecule has 1 aliphatic rings. The van der Waals surface area contributed by atoms with E-state index in [1.165, 1.54) is 12.5 Å². The molecule has 0 spiro atoms. The summed E-state index contributed by atoms with van der Waals surface area (Å²) in [5, 5.41) is 8.29. The Hall–Kier alpha value is -0.870. The predicted octanol–water partition coefficient (Wildman–Crippen LogP) is 1.21. The number of carboxylic acid groups (broad SMARTS) is 1. The Morgan fingerprint density at radius 2 is 2.43 bits per heavy atom. The summed E-state index contributed by atoms with van der Waals surface area (Å²) in [7, 11) is 0. The standard InChI is InChI=1S/C10H16O4/c11-10(12)5-3-6-13-8-9-4-1-2-7-14-9/h3,5,9H,1-2,4,6-8H2,(H,11,12). The third kappa shape index (κ3) is 4.99. The van der Waals surface area contributed by atoms with Crippen molar-refractivity contribution >= 4 is 5.97 Å². The van der Waals surface area contributed by atoms with E-state index < -0.39 is 5.97 Å². The van der Waals surface area contributed by atoms with Crippen LogP contribution in [0.4, 0.5) is 0 Å². The maximum absolute atomic E-state index is 10.1. The van der Waals surface area contributed by atoms with Gasteiger partial charge in [0.25, 0.3) is 0 Å².